The molecule has 0 fully saturated rings. The van der Waals surface area contributed by atoms with Gasteiger partial charge in [0.05, 0.1) is 5.69 Å². The van der Waals surface area contributed by atoms with E-state index in [2.05, 4.69) is 11.9 Å². The number of carbonyl (C=O) groups is 1. The van der Waals surface area contributed by atoms with Crippen molar-refractivity contribution < 1.29 is 4.79 Å². The van der Waals surface area contributed by atoms with E-state index in [1.165, 1.54) is 0 Å². The summed E-state index contributed by atoms with van der Waals surface area (Å²) in [6, 6.07) is 19.4. The number of anilines is 1. The molecule has 0 atom stereocenters. The van der Waals surface area contributed by atoms with E-state index in [1.54, 1.807) is 16.7 Å². The normalized spacial score (nSPS) is 16.2. The van der Waals surface area contributed by atoms with Gasteiger partial charge in [0.2, 0.25) is 0 Å². The van der Waals surface area contributed by atoms with Crippen molar-refractivity contribution in [1.29, 1.82) is 0 Å². The number of nitrogens with zero attached hydrogens (tertiary/aromatic N) is 2. The Balaban J connectivity index is 1.98. The molecule has 0 unspecified atom stereocenters. The molecule has 0 radical (unpaired) electrons. The number of para-hydroxylation sites is 1. The summed E-state index contributed by atoms with van der Waals surface area (Å²) >= 11 is 1.57. The summed E-state index contributed by atoms with van der Waals surface area (Å²) in [5.74, 6) is 0.791. The third-order valence-electron chi connectivity index (χ3n) is 3.22. The minimum Gasteiger partial charge on any atom is -0.266 e. The molecule has 4 heteroatoms. The first-order valence-corrected chi connectivity index (χ1v) is 8.16. The average Bonchev–Trinajstić information content (AvgIpc) is 2.85. The number of thioether (sulfide) groups is 1. The molecule has 2 aromatic rings. The fraction of sp³-hybridized carbons (Fsp3) is 0.111. The van der Waals surface area contributed by atoms with Crippen LogP contribution < -0.4 is 4.90 Å². The molecule has 2 aromatic carbocycles. The quantitative estimate of drug-likeness (QED) is 0.797. The maximum absolute atomic E-state index is 12.7. The minimum absolute atomic E-state index is 0.0778. The monoisotopic (exact) mass is 308 g/mol. The number of amides is 1. The SMILES string of the molecule is CCSC1=N/C(=C\c2ccccc2)C(=O)N1c1ccccc1. The van der Waals surface area contributed by atoms with Crippen molar-refractivity contribution in [2.24, 2.45) is 4.99 Å². The number of rotatable bonds is 3. The summed E-state index contributed by atoms with van der Waals surface area (Å²) in [6.45, 7) is 2.06. The lowest BCUT2D eigenvalue weighted by Gasteiger charge is -2.17. The van der Waals surface area contributed by atoms with Crippen molar-refractivity contribution >= 4 is 34.6 Å². The second kappa shape index (κ2) is 6.62. The molecule has 3 rings (SSSR count). The van der Waals surface area contributed by atoms with E-state index in [1.807, 2.05) is 66.7 Å². The Hall–Kier alpha value is -2.33. The minimum atomic E-state index is -0.0778. The highest BCUT2D eigenvalue weighted by Crippen LogP contribution is 2.28. The van der Waals surface area contributed by atoms with Gasteiger partial charge >= 0.3 is 0 Å². The Morgan fingerprint density at radius 2 is 1.68 bits per heavy atom. The van der Waals surface area contributed by atoms with Crippen LogP contribution in [0.4, 0.5) is 5.69 Å². The Labute approximate surface area is 134 Å². The van der Waals surface area contributed by atoms with E-state index in [-0.39, 0.29) is 5.91 Å². The molecule has 1 amide bonds. The number of benzene rings is 2. The first kappa shape index (κ1) is 14.6. The van der Waals surface area contributed by atoms with Crippen LogP contribution >= 0.6 is 11.8 Å². The third-order valence-corrected chi connectivity index (χ3v) is 4.04. The second-order valence-corrected chi connectivity index (χ2v) is 5.97. The molecule has 0 aromatic heterocycles. The molecule has 0 aliphatic carbocycles. The van der Waals surface area contributed by atoms with E-state index in [4.69, 9.17) is 0 Å². The average molecular weight is 308 g/mol. The van der Waals surface area contributed by atoms with E-state index in [0.29, 0.717) is 5.70 Å². The lowest BCUT2D eigenvalue weighted by Crippen LogP contribution is -2.30. The largest absolute Gasteiger partial charge is 0.283 e. The number of hydrogen-bond donors (Lipinski definition) is 0. The number of hydrogen-bond acceptors (Lipinski definition) is 3. The Kier molecular flexibility index (Phi) is 4.39. The van der Waals surface area contributed by atoms with Gasteiger partial charge in [-0.2, -0.15) is 0 Å². The van der Waals surface area contributed by atoms with Crippen molar-refractivity contribution in [3.8, 4) is 0 Å². The molecule has 22 heavy (non-hydrogen) atoms. The van der Waals surface area contributed by atoms with Gasteiger partial charge in [0.15, 0.2) is 5.17 Å². The van der Waals surface area contributed by atoms with E-state index >= 15 is 0 Å². The molecule has 0 N–H and O–H groups in total. The van der Waals surface area contributed by atoms with Crippen LogP contribution in [0.2, 0.25) is 0 Å². The molecule has 1 aliphatic heterocycles. The Bertz CT molecular complexity index is 723. The van der Waals surface area contributed by atoms with Gasteiger partial charge in [0.1, 0.15) is 5.70 Å². The van der Waals surface area contributed by atoms with Crippen LogP contribution in [0.25, 0.3) is 6.08 Å². The van der Waals surface area contributed by atoms with Crippen LogP contribution in [0.5, 0.6) is 0 Å². The van der Waals surface area contributed by atoms with Crippen LogP contribution in [0, 0.1) is 0 Å². The lowest BCUT2D eigenvalue weighted by atomic mass is 10.2. The van der Waals surface area contributed by atoms with Gasteiger partial charge in [0.25, 0.3) is 5.91 Å². The highest BCUT2D eigenvalue weighted by atomic mass is 32.2. The topological polar surface area (TPSA) is 32.7 Å². The van der Waals surface area contributed by atoms with Gasteiger partial charge in [0, 0.05) is 0 Å². The highest BCUT2D eigenvalue weighted by molar-refractivity contribution is 8.14. The van der Waals surface area contributed by atoms with Gasteiger partial charge in [-0.25, -0.2) is 4.99 Å². The van der Waals surface area contributed by atoms with Gasteiger partial charge in [-0.05, 0) is 29.5 Å². The molecule has 0 saturated carbocycles. The predicted molar refractivity (Wildman–Crippen MR) is 93.9 cm³/mol. The smallest absolute Gasteiger partial charge is 0.266 e. The Morgan fingerprint density at radius 1 is 1.05 bits per heavy atom. The van der Waals surface area contributed by atoms with Crippen LogP contribution in [-0.4, -0.2) is 16.8 Å². The molecular formula is C18H16N2OS. The van der Waals surface area contributed by atoms with Crippen molar-refractivity contribution in [3.63, 3.8) is 0 Å². The first-order chi connectivity index (χ1) is 10.8. The first-order valence-electron chi connectivity index (χ1n) is 7.17. The molecule has 1 aliphatic rings. The summed E-state index contributed by atoms with van der Waals surface area (Å²) in [5, 5.41) is 0.737. The molecule has 0 spiro atoms. The number of carbonyl (C=O) groups excluding carboxylic acids is 1. The van der Waals surface area contributed by atoms with Gasteiger partial charge < -0.3 is 0 Å². The molecular weight excluding hydrogens is 292 g/mol. The summed E-state index contributed by atoms with van der Waals surface area (Å²) in [5.41, 5.74) is 2.31. The number of amidine groups is 1. The fourth-order valence-corrected chi connectivity index (χ4v) is 2.97. The molecule has 110 valence electrons. The van der Waals surface area contributed by atoms with Crippen LogP contribution in [-0.2, 0) is 4.79 Å². The van der Waals surface area contributed by atoms with Crippen LogP contribution in [0.15, 0.2) is 71.4 Å². The molecule has 0 saturated heterocycles. The van der Waals surface area contributed by atoms with Crippen molar-refractivity contribution in [1.82, 2.24) is 0 Å². The number of aliphatic imine (C=N–C) groups is 1. The zero-order valence-corrected chi connectivity index (χ0v) is 13.1. The standard InChI is InChI=1S/C18H16N2OS/c1-2-22-18-19-16(13-14-9-5-3-6-10-14)17(21)20(18)15-11-7-4-8-12-15/h3-13H,2H2,1H3/b16-13-. The predicted octanol–water partition coefficient (Wildman–Crippen LogP) is 4.18. The van der Waals surface area contributed by atoms with E-state index < -0.39 is 0 Å². The van der Waals surface area contributed by atoms with Crippen molar-refractivity contribution in [2.45, 2.75) is 6.92 Å². The zero-order valence-electron chi connectivity index (χ0n) is 12.3. The van der Waals surface area contributed by atoms with Crippen molar-refractivity contribution in [3.05, 3.63) is 71.9 Å². The molecule has 3 nitrogen and oxygen atoms in total. The summed E-state index contributed by atoms with van der Waals surface area (Å²) in [6.07, 6.45) is 1.83. The zero-order chi connectivity index (χ0) is 15.4. The summed E-state index contributed by atoms with van der Waals surface area (Å²) in [7, 11) is 0. The Morgan fingerprint density at radius 3 is 2.32 bits per heavy atom. The van der Waals surface area contributed by atoms with Crippen LogP contribution in [0.3, 0.4) is 0 Å². The van der Waals surface area contributed by atoms with Gasteiger partial charge in [-0.1, -0.05) is 67.2 Å². The third kappa shape index (κ3) is 2.97. The van der Waals surface area contributed by atoms with E-state index in [0.717, 1.165) is 22.2 Å². The van der Waals surface area contributed by atoms with Crippen molar-refractivity contribution in [2.75, 3.05) is 10.7 Å². The second-order valence-electron chi connectivity index (χ2n) is 4.74. The summed E-state index contributed by atoms with van der Waals surface area (Å²) in [4.78, 5) is 18.9. The lowest BCUT2D eigenvalue weighted by molar-refractivity contribution is -0.113. The van der Waals surface area contributed by atoms with E-state index in [9.17, 15) is 4.79 Å². The highest BCUT2D eigenvalue weighted by Gasteiger charge is 2.31. The summed E-state index contributed by atoms with van der Waals surface area (Å²) < 4.78 is 0. The molecule has 1 heterocycles. The molecule has 0 bridgehead atoms. The van der Waals surface area contributed by atoms with Gasteiger partial charge in [-0.3, -0.25) is 9.69 Å². The fourth-order valence-electron chi connectivity index (χ4n) is 2.23. The van der Waals surface area contributed by atoms with Crippen LogP contribution in [0.1, 0.15) is 12.5 Å². The maximum Gasteiger partial charge on any atom is 0.283 e. The van der Waals surface area contributed by atoms with Gasteiger partial charge in [-0.15, -0.1) is 0 Å². The maximum atomic E-state index is 12.7.